The Bertz CT molecular complexity index is 691. The van der Waals surface area contributed by atoms with Crippen LogP contribution in [-0.4, -0.2) is 22.0 Å². The van der Waals surface area contributed by atoms with E-state index >= 15 is 0 Å². The lowest BCUT2D eigenvalue weighted by Crippen LogP contribution is -2.35. The maximum Gasteiger partial charge on any atom is 0.250 e. The fraction of sp³-hybridized carbons (Fsp3) is 0.154. The molecule has 1 aromatic rings. The molecular formula is C13H9FN4OS. The number of hydrogen-bond donors (Lipinski definition) is 2. The second-order valence-corrected chi connectivity index (χ2v) is 4.94. The molecule has 1 saturated heterocycles. The average molecular weight is 288 g/mol. The van der Waals surface area contributed by atoms with E-state index in [1.165, 1.54) is 17.0 Å². The highest BCUT2D eigenvalue weighted by molar-refractivity contribution is 7.80. The number of nitriles is 1. The monoisotopic (exact) mass is 288 g/mol. The molecule has 2 atom stereocenters. The van der Waals surface area contributed by atoms with Crippen molar-refractivity contribution in [2.75, 3.05) is 0 Å². The minimum absolute atomic E-state index is 0.176. The highest BCUT2D eigenvalue weighted by atomic mass is 32.1. The fourth-order valence-corrected chi connectivity index (χ4v) is 2.95. The largest absolute Gasteiger partial charge is 0.384 e. The first kappa shape index (κ1) is 12.6. The van der Waals surface area contributed by atoms with Crippen LogP contribution in [0.2, 0.25) is 0 Å². The first-order chi connectivity index (χ1) is 9.54. The standard InChI is InChI=1S/C13H9FN4OS/c14-7-3-1-6(2-4-7)9-8(5-15)11(16)18-10(9)12(19)17-13(18)20/h1-4,9-10H,16H2,(H,17,19,20). The second kappa shape index (κ2) is 4.28. The van der Waals surface area contributed by atoms with E-state index in [0.29, 0.717) is 5.56 Å². The zero-order chi connectivity index (χ0) is 14.4. The summed E-state index contributed by atoms with van der Waals surface area (Å²) in [6, 6.07) is 7.01. The maximum atomic E-state index is 13.0. The second-order valence-electron chi connectivity index (χ2n) is 4.55. The molecule has 0 bridgehead atoms. The first-order valence-corrected chi connectivity index (χ1v) is 6.24. The predicted octanol–water partition coefficient (Wildman–Crippen LogP) is 0.702. The summed E-state index contributed by atoms with van der Waals surface area (Å²) >= 11 is 5.05. The molecule has 1 fully saturated rings. The number of halogens is 1. The number of carbonyl (C=O) groups is 1. The molecule has 0 aromatic heterocycles. The van der Waals surface area contributed by atoms with Gasteiger partial charge in [0.25, 0.3) is 0 Å². The Labute approximate surface area is 119 Å². The van der Waals surface area contributed by atoms with Crippen molar-refractivity contribution < 1.29 is 9.18 Å². The predicted molar refractivity (Wildman–Crippen MR) is 72.3 cm³/mol. The Morgan fingerprint density at radius 2 is 2.05 bits per heavy atom. The number of nitrogens with one attached hydrogen (secondary N) is 1. The summed E-state index contributed by atoms with van der Waals surface area (Å²) in [5, 5.41) is 12.0. The van der Waals surface area contributed by atoms with Crippen LogP contribution in [0, 0.1) is 17.1 Å². The maximum absolute atomic E-state index is 13.0. The molecular weight excluding hydrogens is 279 g/mol. The molecule has 100 valence electrons. The van der Waals surface area contributed by atoms with Gasteiger partial charge in [-0.2, -0.15) is 5.26 Å². The molecule has 2 aliphatic rings. The van der Waals surface area contributed by atoms with Crippen LogP contribution in [0.15, 0.2) is 35.7 Å². The van der Waals surface area contributed by atoms with E-state index < -0.39 is 12.0 Å². The number of thiocarbonyl (C=S) groups is 1. The van der Waals surface area contributed by atoms with Crippen molar-refractivity contribution in [1.82, 2.24) is 10.2 Å². The van der Waals surface area contributed by atoms with Gasteiger partial charge in [-0.15, -0.1) is 0 Å². The topological polar surface area (TPSA) is 82.2 Å². The summed E-state index contributed by atoms with van der Waals surface area (Å²) in [4.78, 5) is 13.5. The van der Waals surface area contributed by atoms with Crippen molar-refractivity contribution in [1.29, 1.82) is 5.26 Å². The van der Waals surface area contributed by atoms with Gasteiger partial charge in [0.2, 0.25) is 5.91 Å². The lowest BCUT2D eigenvalue weighted by molar-refractivity contribution is -0.121. The number of fused-ring (bicyclic) bond motifs is 1. The van der Waals surface area contributed by atoms with E-state index in [1.807, 2.05) is 6.07 Å². The van der Waals surface area contributed by atoms with Gasteiger partial charge in [-0.1, -0.05) is 12.1 Å². The summed E-state index contributed by atoms with van der Waals surface area (Å²) < 4.78 is 13.0. The molecule has 1 amide bonds. The van der Waals surface area contributed by atoms with Crippen LogP contribution in [0.5, 0.6) is 0 Å². The van der Waals surface area contributed by atoms with Gasteiger partial charge >= 0.3 is 0 Å². The Balaban J connectivity index is 2.14. The molecule has 7 heteroatoms. The summed E-state index contributed by atoms with van der Waals surface area (Å²) in [6.45, 7) is 0. The fourth-order valence-electron chi connectivity index (χ4n) is 2.64. The number of amides is 1. The van der Waals surface area contributed by atoms with Crippen LogP contribution in [0.4, 0.5) is 4.39 Å². The molecule has 5 nitrogen and oxygen atoms in total. The van der Waals surface area contributed by atoms with Crippen molar-refractivity contribution in [2.24, 2.45) is 5.73 Å². The molecule has 0 radical (unpaired) electrons. The summed E-state index contributed by atoms with van der Waals surface area (Å²) in [5.41, 5.74) is 6.84. The van der Waals surface area contributed by atoms with E-state index in [9.17, 15) is 14.4 Å². The Morgan fingerprint density at radius 1 is 1.40 bits per heavy atom. The third-order valence-electron chi connectivity index (χ3n) is 3.51. The molecule has 3 rings (SSSR count). The number of nitrogens with two attached hydrogens (primary N) is 1. The Morgan fingerprint density at radius 3 is 2.65 bits per heavy atom. The molecule has 3 N–H and O–H groups in total. The van der Waals surface area contributed by atoms with Gasteiger partial charge in [-0.25, -0.2) is 4.39 Å². The van der Waals surface area contributed by atoms with Gasteiger partial charge < -0.3 is 11.1 Å². The highest BCUT2D eigenvalue weighted by Crippen LogP contribution is 2.41. The van der Waals surface area contributed by atoms with Crippen LogP contribution >= 0.6 is 12.2 Å². The van der Waals surface area contributed by atoms with Gasteiger partial charge in [-0.3, -0.25) is 9.69 Å². The van der Waals surface area contributed by atoms with Crippen LogP contribution < -0.4 is 11.1 Å². The van der Waals surface area contributed by atoms with Gasteiger partial charge in [0.05, 0.1) is 17.6 Å². The van der Waals surface area contributed by atoms with Crippen LogP contribution in [0.3, 0.4) is 0 Å². The van der Waals surface area contributed by atoms with Crippen LogP contribution in [0.1, 0.15) is 11.5 Å². The van der Waals surface area contributed by atoms with Crippen LogP contribution in [0.25, 0.3) is 0 Å². The molecule has 0 spiro atoms. The lowest BCUT2D eigenvalue weighted by Gasteiger charge is -2.19. The van der Waals surface area contributed by atoms with Gasteiger partial charge in [0.1, 0.15) is 17.7 Å². The first-order valence-electron chi connectivity index (χ1n) is 5.84. The summed E-state index contributed by atoms with van der Waals surface area (Å²) in [7, 11) is 0. The number of nitrogens with zero attached hydrogens (tertiary/aromatic N) is 2. The molecule has 20 heavy (non-hydrogen) atoms. The Kier molecular flexibility index (Phi) is 2.69. The van der Waals surface area contributed by atoms with E-state index in [1.54, 1.807) is 12.1 Å². The third kappa shape index (κ3) is 1.58. The van der Waals surface area contributed by atoms with Gasteiger partial charge in [-0.05, 0) is 29.9 Å². The zero-order valence-electron chi connectivity index (χ0n) is 10.1. The van der Waals surface area contributed by atoms with Crippen molar-refractivity contribution in [3.8, 4) is 6.07 Å². The van der Waals surface area contributed by atoms with Crippen molar-refractivity contribution in [2.45, 2.75) is 12.0 Å². The normalized spacial score (nSPS) is 24.7. The lowest BCUT2D eigenvalue weighted by atomic mass is 9.87. The molecule has 2 unspecified atom stereocenters. The van der Waals surface area contributed by atoms with E-state index in [-0.39, 0.29) is 28.2 Å². The van der Waals surface area contributed by atoms with Gasteiger partial charge in [0.15, 0.2) is 5.11 Å². The minimum Gasteiger partial charge on any atom is -0.384 e. The number of carbonyl (C=O) groups excluding carboxylic acids is 1. The summed E-state index contributed by atoms with van der Waals surface area (Å²) in [6.07, 6.45) is 0. The number of hydrogen-bond acceptors (Lipinski definition) is 4. The quantitative estimate of drug-likeness (QED) is 0.743. The number of benzene rings is 1. The number of rotatable bonds is 1. The molecule has 0 aliphatic carbocycles. The van der Waals surface area contributed by atoms with Crippen LogP contribution in [-0.2, 0) is 4.79 Å². The molecule has 0 saturated carbocycles. The van der Waals surface area contributed by atoms with Gasteiger partial charge in [0, 0.05) is 0 Å². The SMILES string of the molecule is N#CC1=C(N)N2C(=S)NC(=O)C2C1c1ccc(F)cc1. The molecule has 1 aromatic carbocycles. The van der Waals surface area contributed by atoms with Crippen molar-refractivity contribution in [3.05, 3.63) is 47.0 Å². The minimum atomic E-state index is -0.678. The van der Waals surface area contributed by atoms with E-state index in [2.05, 4.69) is 5.32 Å². The zero-order valence-corrected chi connectivity index (χ0v) is 10.9. The third-order valence-corrected chi connectivity index (χ3v) is 3.81. The highest BCUT2D eigenvalue weighted by Gasteiger charge is 2.51. The molecule has 2 heterocycles. The molecule has 2 aliphatic heterocycles. The van der Waals surface area contributed by atoms with Crippen molar-refractivity contribution in [3.63, 3.8) is 0 Å². The van der Waals surface area contributed by atoms with E-state index in [4.69, 9.17) is 18.0 Å². The smallest absolute Gasteiger partial charge is 0.250 e. The average Bonchev–Trinajstić information content (AvgIpc) is 2.87. The van der Waals surface area contributed by atoms with Crippen molar-refractivity contribution >= 4 is 23.2 Å². The van der Waals surface area contributed by atoms with E-state index in [0.717, 1.165) is 0 Å². The Hall–Kier alpha value is -2.46. The summed E-state index contributed by atoms with van der Waals surface area (Å²) in [5.74, 6) is -1.06.